The number of benzene rings is 2. The Balaban J connectivity index is 2.16. The monoisotopic (exact) mass is 367 g/mol. The number of halogens is 2. The quantitative estimate of drug-likeness (QED) is 0.801. The van der Waals surface area contributed by atoms with Crippen LogP contribution in [0.4, 0.5) is 0 Å². The molecule has 0 aliphatic rings. The topological polar surface area (TPSA) is 29.5 Å². The number of carbonyl (C=O) groups is 1. The standard InChI is InChI=1S/C16H15BrClNO2/c1-19(10-12-5-3-4-6-14(12)18)16(20)11-7-8-15(21-2)13(17)9-11/h3-9H,10H2,1-2H3. The van der Waals surface area contributed by atoms with Crippen LogP contribution in [0.2, 0.25) is 5.02 Å². The highest BCUT2D eigenvalue weighted by molar-refractivity contribution is 9.10. The van der Waals surface area contributed by atoms with Crippen molar-refractivity contribution in [3.05, 3.63) is 63.1 Å². The number of methoxy groups -OCH3 is 1. The molecule has 0 N–H and O–H groups in total. The Hall–Kier alpha value is -1.52. The van der Waals surface area contributed by atoms with Crippen LogP contribution in [0.1, 0.15) is 15.9 Å². The molecule has 0 radical (unpaired) electrons. The molecule has 0 aliphatic heterocycles. The highest BCUT2D eigenvalue weighted by Gasteiger charge is 2.14. The van der Waals surface area contributed by atoms with Gasteiger partial charge in [0.05, 0.1) is 11.6 Å². The van der Waals surface area contributed by atoms with E-state index in [1.54, 1.807) is 37.3 Å². The van der Waals surface area contributed by atoms with Gasteiger partial charge in [-0.1, -0.05) is 29.8 Å². The summed E-state index contributed by atoms with van der Waals surface area (Å²) in [5.74, 6) is 0.624. The van der Waals surface area contributed by atoms with Gasteiger partial charge in [0, 0.05) is 24.2 Å². The van der Waals surface area contributed by atoms with E-state index >= 15 is 0 Å². The molecule has 2 aromatic carbocycles. The molecule has 0 unspecified atom stereocenters. The SMILES string of the molecule is COc1ccc(C(=O)N(C)Cc2ccccc2Cl)cc1Br. The Morgan fingerprint density at radius 1 is 1.29 bits per heavy atom. The molecule has 0 atom stereocenters. The molecule has 0 heterocycles. The van der Waals surface area contributed by atoms with E-state index < -0.39 is 0 Å². The molecule has 0 aromatic heterocycles. The fourth-order valence-electron chi connectivity index (χ4n) is 1.97. The first-order chi connectivity index (χ1) is 10.0. The fraction of sp³-hybridized carbons (Fsp3) is 0.188. The average molecular weight is 369 g/mol. The van der Waals surface area contributed by atoms with Crippen LogP contribution in [0, 0.1) is 0 Å². The zero-order chi connectivity index (χ0) is 15.4. The predicted molar refractivity (Wildman–Crippen MR) is 87.9 cm³/mol. The van der Waals surface area contributed by atoms with Crippen LogP contribution >= 0.6 is 27.5 Å². The van der Waals surface area contributed by atoms with Crippen LogP contribution in [0.25, 0.3) is 0 Å². The molecule has 3 nitrogen and oxygen atoms in total. The molecule has 2 rings (SSSR count). The molecule has 0 saturated heterocycles. The molecule has 0 spiro atoms. The zero-order valence-corrected chi connectivity index (χ0v) is 14.1. The fourth-order valence-corrected chi connectivity index (χ4v) is 2.71. The minimum Gasteiger partial charge on any atom is -0.496 e. The third-order valence-corrected chi connectivity index (χ3v) is 4.10. The van der Waals surface area contributed by atoms with Crippen molar-refractivity contribution in [2.75, 3.05) is 14.2 Å². The van der Waals surface area contributed by atoms with Gasteiger partial charge in [-0.3, -0.25) is 4.79 Å². The Morgan fingerprint density at radius 3 is 2.62 bits per heavy atom. The van der Waals surface area contributed by atoms with Crippen molar-refractivity contribution >= 4 is 33.4 Å². The molecule has 0 aliphatic carbocycles. The van der Waals surface area contributed by atoms with Crippen molar-refractivity contribution in [1.29, 1.82) is 0 Å². The van der Waals surface area contributed by atoms with Crippen LogP contribution < -0.4 is 4.74 Å². The van der Waals surface area contributed by atoms with E-state index in [0.29, 0.717) is 22.9 Å². The van der Waals surface area contributed by atoms with Gasteiger partial charge in [-0.25, -0.2) is 0 Å². The summed E-state index contributed by atoms with van der Waals surface area (Å²) in [7, 11) is 3.34. The Labute approximate surface area is 137 Å². The van der Waals surface area contributed by atoms with E-state index in [2.05, 4.69) is 15.9 Å². The number of hydrogen-bond acceptors (Lipinski definition) is 2. The van der Waals surface area contributed by atoms with Gasteiger partial charge in [0.1, 0.15) is 5.75 Å². The van der Waals surface area contributed by atoms with E-state index in [9.17, 15) is 4.79 Å². The maximum Gasteiger partial charge on any atom is 0.253 e. The first-order valence-electron chi connectivity index (χ1n) is 6.35. The summed E-state index contributed by atoms with van der Waals surface area (Å²) in [5.41, 5.74) is 1.51. The van der Waals surface area contributed by atoms with Crippen molar-refractivity contribution in [3.63, 3.8) is 0 Å². The third kappa shape index (κ3) is 3.77. The molecule has 0 fully saturated rings. The largest absolute Gasteiger partial charge is 0.496 e. The number of ether oxygens (including phenoxy) is 1. The minimum absolute atomic E-state index is 0.0710. The second-order valence-electron chi connectivity index (χ2n) is 4.60. The molecule has 1 amide bonds. The number of amides is 1. The predicted octanol–water partition coefficient (Wildman–Crippen LogP) is 4.38. The summed E-state index contributed by atoms with van der Waals surface area (Å²) >= 11 is 9.51. The number of rotatable bonds is 4. The van der Waals surface area contributed by atoms with Crippen LogP contribution in [0.5, 0.6) is 5.75 Å². The van der Waals surface area contributed by atoms with E-state index in [1.165, 1.54) is 0 Å². The molecule has 110 valence electrons. The first-order valence-corrected chi connectivity index (χ1v) is 7.52. The number of nitrogens with zero attached hydrogens (tertiary/aromatic N) is 1. The third-order valence-electron chi connectivity index (χ3n) is 3.11. The lowest BCUT2D eigenvalue weighted by atomic mass is 10.1. The second-order valence-corrected chi connectivity index (χ2v) is 5.86. The van der Waals surface area contributed by atoms with Gasteiger partial charge in [-0.2, -0.15) is 0 Å². The van der Waals surface area contributed by atoms with Gasteiger partial charge in [-0.15, -0.1) is 0 Å². The van der Waals surface area contributed by atoms with Gasteiger partial charge in [-0.05, 0) is 45.8 Å². The normalized spacial score (nSPS) is 10.3. The van der Waals surface area contributed by atoms with Crippen molar-refractivity contribution in [1.82, 2.24) is 4.90 Å². The van der Waals surface area contributed by atoms with E-state index in [1.807, 2.05) is 24.3 Å². The van der Waals surface area contributed by atoms with Crippen LogP contribution in [-0.2, 0) is 6.54 Å². The molecule has 0 bridgehead atoms. The van der Waals surface area contributed by atoms with Crippen LogP contribution in [0.3, 0.4) is 0 Å². The lowest BCUT2D eigenvalue weighted by Crippen LogP contribution is -2.26. The van der Waals surface area contributed by atoms with E-state index in [0.717, 1.165) is 10.0 Å². The van der Waals surface area contributed by atoms with E-state index in [4.69, 9.17) is 16.3 Å². The smallest absolute Gasteiger partial charge is 0.253 e. The maximum absolute atomic E-state index is 12.4. The van der Waals surface area contributed by atoms with Gasteiger partial charge < -0.3 is 9.64 Å². The summed E-state index contributed by atoms with van der Waals surface area (Å²) in [4.78, 5) is 14.1. The van der Waals surface area contributed by atoms with Gasteiger partial charge in [0.25, 0.3) is 5.91 Å². The number of hydrogen-bond donors (Lipinski definition) is 0. The van der Waals surface area contributed by atoms with Crippen LogP contribution in [-0.4, -0.2) is 25.0 Å². The van der Waals surface area contributed by atoms with Crippen molar-refractivity contribution < 1.29 is 9.53 Å². The highest BCUT2D eigenvalue weighted by atomic mass is 79.9. The van der Waals surface area contributed by atoms with E-state index in [-0.39, 0.29) is 5.91 Å². The molecule has 2 aromatic rings. The Morgan fingerprint density at radius 2 is 2.00 bits per heavy atom. The summed E-state index contributed by atoms with van der Waals surface area (Å²) in [5, 5.41) is 0.660. The Bertz CT molecular complexity index is 660. The summed E-state index contributed by atoms with van der Waals surface area (Å²) in [6, 6.07) is 12.8. The second kappa shape index (κ2) is 6.96. The molecule has 5 heteroatoms. The van der Waals surface area contributed by atoms with Gasteiger partial charge in [0.2, 0.25) is 0 Å². The summed E-state index contributed by atoms with van der Waals surface area (Å²) in [6.45, 7) is 0.460. The lowest BCUT2D eigenvalue weighted by Gasteiger charge is -2.18. The van der Waals surface area contributed by atoms with Crippen molar-refractivity contribution in [3.8, 4) is 5.75 Å². The molecular formula is C16H15BrClNO2. The first kappa shape index (κ1) is 15.9. The van der Waals surface area contributed by atoms with Crippen LogP contribution in [0.15, 0.2) is 46.9 Å². The van der Waals surface area contributed by atoms with Crippen molar-refractivity contribution in [2.24, 2.45) is 0 Å². The lowest BCUT2D eigenvalue weighted by molar-refractivity contribution is 0.0785. The minimum atomic E-state index is -0.0710. The summed E-state index contributed by atoms with van der Waals surface area (Å²) in [6.07, 6.45) is 0. The molecular weight excluding hydrogens is 354 g/mol. The summed E-state index contributed by atoms with van der Waals surface area (Å²) < 4.78 is 5.91. The number of carbonyl (C=O) groups excluding carboxylic acids is 1. The highest BCUT2D eigenvalue weighted by Crippen LogP contribution is 2.26. The molecule has 0 saturated carbocycles. The maximum atomic E-state index is 12.4. The molecule has 21 heavy (non-hydrogen) atoms. The van der Waals surface area contributed by atoms with Gasteiger partial charge in [0.15, 0.2) is 0 Å². The Kier molecular flexibility index (Phi) is 5.26. The van der Waals surface area contributed by atoms with Gasteiger partial charge >= 0.3 is 0 Å². The van der Waals surface area contributed by atoms with Crippen molar-refractivity contribution in [2.45, 2.75) is 6.54 Å². The average Bonchev–Trinajstić information content (AvgIpc) is 2.48. The zero-order valence-electron chi connectivity index (χ0n) is 11.8.